The third-order valence-corrected chi connectivity index (χ3v) is 2.81. The van der Waals surface area contributed by atoms with E-state index in [4.69, 9.17) is 9.84 Å². The summed E-state index contributed by atoms with van der Waals surface area (Å²) in [6.45, 7) is 8.53. The third-order valence-electron chi connectivity index (χ3n) is 2.81. The average Bonchev–Trinajstić information content (AvgIpc) is 2.26. The van der Waals surface area contributed by atoms with Gasteiger partial charge in [0.25, 0.3) is 0 Å². The van der Waals surface area contributed by atoms with E-state index in [0.29, 0.717) is 18.9 Å². The van der Waals surface area contributed by atoms with Crippen LogP contribution in [-0.4, -0.2) is 23.8 Å². The van der Waals surface area contributed by atoms with Gasteiger partial charge < -0.3 is 9.84 Å². The quantitative estimate of drug-likeness (QED) is 0.844. The Balaban J connectivity index is 2.73. The maximum atomic E-state index is 11.2. The zero-order valence-electron chi connectivity index (χ0n) is 11.6. The van der Waals surface area contributed by atoms with Crippen LogP contribution in [0.2, 0.25) is 0 Å². The zero-order chi connectivity index (χ0) is 13.7. The van der Waals surface area contributed by atoms with Gasteiger partial charge in [0, 0.05) is 6.42 Å². The Morgan fingerprint density at radius 3 is 2.50 bits per heavy atom. The Bertz CT molecular complexity index is 410. The van der Waals surface area contributed by atoms with Crippen molar-refractivity contribution in [3.05, 3.63) is 34.9 Å². The summed E-state index contributed by atoms with van der Waals surface area (Å²) in [6, 6.07) is 6.06. The molecule has 0 spiro atoms. The van der Waals surface area contributed by atoms with Crippen molar-refractivity contribution < 1.29 is 14.6 Å². The minimum absolute atomic E-state index is 0.339. The van der Waals surface area contributed by atoms with Crippen molar-refractivity contribution in [2.75, 3.05) is 6.61 Å². The van der Waals surface area contributed by atoms with Crippen molar-refractivity contribution in [1.29, 1.82) is 0 Å². The van der Waals surface area contributed by atoms with Crippen molar-refractivity contribution in [2.45, 2.75) is 40.2 Å². The highest BCUT2D eigenvalue weighted by Crippen LogP contribution is 2.14. The molecule has 0 aliphatic heterocycles. The van der Waals surface area contributed by atoms with E-state index < -0.39 is 12.1 Å². The summed E-state index contributed by atoms with van der Waals surface area (Å²) in [5.41, 5.74) is 3.34. The second kappa shape index (κ2) is 6.55. The molecule has 0 saturated heterocycles. The van der Waals surface area contributed by atoms with Gasteiger partial charge in [-0.05, 0) is 30.9 Å². The SMILES string of the molecule is Cc1ccc(C[C@@H](OCC(C)C)C(=O)O)c(C)c1. The highest BCUT2D eigenvalue weighted by atomic mass is 16.5. The molecular weight excluding hydrogens is 228 g/mol. The van der Waals surface area contributed by atoms with Crippen molar-refractivity contribution in [3.8, 4) is 0 Å². The minimum atomic E-state index is -0.893. The van der Waals surface area contributed by atoms with Gasteiger partial charge in [0.1, 0.15) is 0 Å². The predicted octanol–water partition coefficient (Wildman–Crippen LogP) is 2.97. The first-order valence-electron chi connectivity index (χ1n) is 6.30. The number of hydrogen-bond acceptors (Lipinski definition) is 2. The lowest BCUT2D eigenvalue weighted by Crippen LogP contribution is -2.28. The van der Waals surface area contributed by atoms with E-state index in [2.05, 4.69) is 6.07 Å². The Morgan fingerprint density at radius 1 is 1.33 bits per heavy atom. The molecule has 0 bridgehead atoms. The molecule has 3 nitrogen and oxygen atoms in total. The summed E-state index contributed by atoms with van der Waals surface area (Å²) < 4.78 is 5.45. The first-order chi connectivity index (χ1) is 8.40. The lowest BCUT2D eigenvalue weighted by molar-refractivity contribution is -0.150. The van der Waals surface area contributed by atoms with Crippen LogP contribution in [0.25, 0.3) is 0 Å². The molecule has 0 fully saturated rings. The van der Waals surface area contributed by atoms with E-state index in [1.807, 2.05) is 39.8 Å². The Labute approximate surface area is 109 Å². The number of hydrogen-bond donors (Lipinski definition) is 1. The highest BCUT2D eigenvalue weighted by molar-refractivity contribution is 5.72. The summed E-state index contributed by atoms with van der Waals surface area (Å²) in [6.07, 6.45) is -0.331. The smallest absolute Gasteiger partial charge is 0.333 e. The summed E-state index contributed by atoms with van der Waals surface area (Å²) in [4.78, 5) is 11.2. The van der Waals surface area contributed by atoms with Gasteiger partial charge in [0.15, 0.2) is 6.10 Å². The van der Waals surface area contributed by atoms with E-state index in [0.717, 1.165) is 11.1 Å². The maximum Gasteiger partial charge on any atom is 0.333 e. The van der Waals surface area contributed by atoms with Gasteiger partial charge in [-0.1, -0.05) is 37.6 Å². The first kappa shape index (κ1) is 14.7. The van der Waals surface area contributed by atoms with E-state index in [1.54, 1.807) is 0 Å². The highest BCUT2D eigenvalue weighted by Gasteiger charge is 2.19. The minimum Gasteiger partial charge on any atom is -0.479 e. The van der Waals surface area contributed by atoms with Gasteiger partial charge in [-0.3, -0.25) is 0 Å². The molecule has 0 aliphatic carbocycles. The Morgan fingerprint density at radius 2 is 2.00 bits per heavy atom. The van der Waals surface area contributed by atoms with E-state index in [-0.39, 0.29) is 0 Å². The van der Waals surface area contributed by atoms with Crippen LogP contribution < -0.4 is 0 Å². The summed E-state index contributed by atoms with van der Waals surface area (Å²) in [5.74, 6) is -0.554. The topological polar surface area (TPSA) is 46.5 Å². The summed E-state index contributed by atoms with van der Waals surface area (Å²) in [5, 5.41) is 9.17. The van der Waals surface area contributed by atoms with Crippen molar-refractivity contribution >= 4 is 5.97 Å². The van der Waals surface area contributed by atoms with Gasteiger partial charge in [0.2, 0.25) is 0 Å². The molecule has 1 atom stereocenters. The molecule has 0 heterocycles. The van der Waals surface area contributed by atoms with Gasteiger partial charge in [-0.2, -0.15) is 0 Å². The van der Waals surface area contributed by atoms with Crippen LogP contribution in [0, 0.1) is 19.8 Å². The predicted molar refractivity (Wildman–Crippen MR) is 71.8 cm³/mol. The van der Waals surface area contributed by atoms with Crippen molar-refractivity contribution in [3.63, 3.8) is 0 Å². The van der Waals surface area contributed by atoms with Crippen molar-refractivity contribution in [1.82, 2.24) is 0 Å². The molecule has 1 rings (SSSR count). The van der Waals surface area contributed by atoms with Crippen LogP contribution in [-0.2, 0) is 16.0 Å². The molecule has 100 valence electrons. The Hall–Kier alpha value is -1.35. The maximum absolute atomic E-state index is 11.2. The molecule has 0 aromatic heterocycles. The van der Waals surface area contributed by atoms with Gasteiger partial charge in [0.05, 0.1) is 6.61 Å². The standard InChI is InChI=1S/C15H22O3/c1-10(2)9-18-14(15(16)17)8-13-6-5-11(3)7-12(13)4/h5-7,10,14H,8-9H2,1-4H3,(H,16,17)/t14-/m1/s1. The first-order valence-corrected chi connectivity index (χ1v) is 6.30. The van der Waals surface area contributed by atoms with Gasteiger partial charge >= 0.3 is 5.97 Å². The van der Waals surface area contributed by atoms with Crippen molar-refractivity contribution in [2.24, 2.45) is 5.92 Å². The number of carbonyl (C=O) groups is 1. The second-order valence-electron chi connectivity index (χ2n) is 5.19. The second-order valence-corrected chi connectivity index (χ2v) is 5.19. The largest absolute Gasteiger partial charge is 0.479 e. The molecular formula is C15H22O3. The molecule has 0 saturated carbocycles. The van der Waals surface area contributed by atoms with Crippen LogP contribution in [0.15, 0.2) is 18.2 Å². The number of benzene rings is 1. The number of carboxylic acid groups (broad SMARTS) is 1. The lowest BCUT2D eigenvalue weighted by Gasteiger charge is -2.16. The molecule has 0 amide bonds. The number of carboxylic acids is 1. The van der Waals surface area contributed by atoms with Crippen LogP contribution in [0.5, 0.6) is 0 Å². The summed E-state index contributed by atoms with van der Waals surface area (Å²) in [7, 11) is 0. The number of aryl methyl sites for hydroxylation is 2. The molecule has 3 heteroatoms. The fourth-order valence-corrected chi connectivity index (χ4v) is 1.80. The molecule has 0 aliphatic rings. The fraction of sp³-hybridized carbons (Fsp3) is 0.533. The monoisotopic (exact) mass is 250 g/mol. The zero-order valence-corrected chi connectivity index (χ0v) is 11.6. The number of rotatable bonds is 6. The van der Waals surface area contributed by atoms with Crippen LogP contribution in [0.4, 0.5) is 0 Å². The normalized spacial score (nSPS) is 12.7. The fourth-order valence-electron chi connectivity index (χ4n) is 1.80. The lowest BCUT2D eigenvalue weighted by atomic mass is 10.0. The van der Waals surface area contributed by atoms with E-state index in [1.165, 1.54) is 5.56 Å². The number of aliphatic carboxylic acids is 1. The third kappa shape index (κ3) is 4.49. The van der Waals surface area contributed by atoms with Gasteiger partial charge in [-0.25, -0.2) is 4.79 Å². The molecule has 0 unspecified atom stereocenters. The van der Waals surface area contributed by atoms with Crippen LogP contribution >= 0.6 is 0 Å². The van der Waals surface area contributed by atoms with Gasteiger partial charge in [-0.15, -0.1) is 0 Å². The molecule has 0 radical (unpaired) electrons. The van der Waals surface area contributed by atoms with Crippen LogP contribution in [0.3, 0.4) is 0 Å². The summed E-state index contributed by atoms with van der Waals surface area (Å²) >= 11 is 0. The molecule has 1 N–H and O–H groups in total. The van der Waals surface area contributed by atoms with E-state index >= 15 is 0 Å². The van der Waals surface area contributed by atoms with Crippen LogP contribution in [0.1, 0.15) is 30.5 Å². The molecule has 1 aromatic carbocycles. The van der Waals surface area contributed by atoms with E-state index in [9.17, 15) is 4.79 Å². The average molecular weight is 250 g/mol. The molecule has 1 aromatic rings. The molecule has 18 heavy (non-hydrogen) atoms. The number of ether oxygens (including phenoxy) is 1. The Kier molecular flexibility index (Phi) is 5.35.